The van der Waals surface area contributed by atoms with Crippen LogP contribution in [0.3, 0.4) is 0 Å². The number of amides is 1. The molecule has 28 heavy (non-hydrogen) atoms. The first-order chi connectivity index (χ1) is 13.7. The van der Waals surface area contributed by atoms with Crippen molar-refractivity contribution in [2.45, 2.75) is 31.7 Å². The van der Waals surface area contributed by atoms with Gasteiger partial charge in [0.05, 0.1) is 5.69 Å². The first-order valence-electron chi connectivity index (χ1n) is 9.23. The van der Waals surface area contributed by atoms with E-state index in [0.29, 0.717) is 23.2 Å². The molecule has 2 heterocycles. The Morgan fingerprint density at radius 1 is 1.07 bits per heavy atom. The molecule has 4 rings (SSSR count). The van der Waals surface area contributed by atoms with Crippen molar-refractivity contribution in [1.82, 2.24) is 15.2 Å². The smallest absolute Gasteiger partial charge is 0.247 e. The average molecular weight is 392 g/mol. The first kappa shape index (κ1) is 18.4. The van der Waals surface area contributed by atoms with Gasteiger partial charge in [0, 0.05) is 17.5 Å². The molecule has 1 aliphatic rings. The van der Waals surface area contributed by atoms with Crippen LogP contribution in [0.1, 0.15) is 32.1 Å². The monoisotopic (exact) mass is 392 g/mol. The number of ether oxygens (including phenoxy) is 1. The van der Waals surface area contributed by atoms with E-state index in [9.17, 15) is 4.79 Å². The highest BCUT2D eigenvalue weighted by molar-refractivity contribution is 7.99. The maximum absolute atomic E-state index is 13.0. The summed E-state index contributed by atoms with van der Waals surface area (Å²) in [6.07, 6.45) is -0.278. The lowest BCUT2D eigenvalue weighted by molar-refractivity contribution is -0.120. The number of para-hydroxylation sites is 1. The Bertz CT molecular complexity index is 997. The summed E-state index contributed by atoms with van der Waals surface area (Å²) in [5.74, 6) is 1.18. The largest absolute Gasteiger partial charge is 0.447 e. The van der Waals surface area contributed by atoms with E-state index in [1.807, 2.05) is 68.4 Å². The van der Waals surface area contributed by atoms with Gasteiger partial charge in [0.2, 0.25) is 23.2 Å². The van der Waals surface area contributed by atoms with Crippen LogP contribution in [0.5, 0.6) is 5.88 Å². The van der Waals surface area contributed by atoms with Crippen molar-refractivity contribution in [2.24, 2.45) is 0 Å². The second-order valence-corrected chi connectivity index (χ2v) is 7.43. The van der Waals surface area contributed by atoms with E-state index < -0.39 is 6.23 Å². The van der Waals surface area contributed by atoms with Gasteiger partial charge in [-0.25, -0.2) is 0 Å². The number of hydrogen-bond acceptors (Lipinski definition) is 6. The molecule has 0 unspecified atom stereocenters. The van der Waals surface area contributed by atoms with Crippen molar-refractivity contribution in [2.75, 3.05) is 10.7 Å². The highest BCUT2D eigenvalue weighted by Crippen LogP contribution is 2.43. The van der Waals surface area contributed by atoms with Crippen LogP contribution in [0.15, 0.2) is 59.8 Å². The van der Waals surface area contributed by atoms with Gasteiger partial charge >= 0.3 is 0 Å². The van der Waals surface area contributed by atoms with Crippen LogP contribution < -0.4 is 9.64 Å². The minimum atomic E-state index is -0.632. The molecule has 1 aromatic heterocycles. The molecule has 1 amide bonds. The Morgan fingerprint density at radius 2 is 1.82 bits per heavy atom. The molecule has 0 bridgehead atoms. The summed E-state index contributed by atoms with van der Waals surface area (Å²) in [6.45, 7) is 3.88. The van der Waals surface area contributed by atoms with Gasteiger partial charge in [-0.1, -0.05) is 74.1 Å². The van der Waals surface area contributed by atoms with Crippen LogP contribution >= 0.6 is 11.8 Å². The summed E-state index contributed by atoms with van der Waals surface area (Å²) in [7, 11) is 0. The van der Waals surface area contributed by atoms with Gasteiger partial charge in [0.25, 0.3) is 0 Å². The topological polar surface area (TPSA) is 68.2 Å². The van der Waals surface area contributed by atoms with E-state index in [1.54, 1.807) is 4.90 Å². The standard InChI is InChI=1S/C21H20N4O2S/c1-3-17(26)25-16-13-9-8-12-15(16)18-19(22-21(24-23-18)28-4-2)27-20(25)14-10-6-5-7-11-14/h5-13,20H,3-4H2,1-2H3/t20-/m0/s1. The lowest BCUT2D eigenvalue weighted by atomic mass is 10.1. The van der Waals surface area contributed by atoms with Gasteiger partial charge in [0.15, 0.2) is 5.69 Å². The summed E-state index contributed by atoms with van der Waals surface area (Å²) in [5, 5.41) is 9.18. The number of rotatable bonds is 4. The summed E-state index contributed by atoms with van der Waals surface area (Å²) in [5.41, 5.74) is 2.94. The fourth-order valence-corrected chi connectivity index (χ4v) is 3.68. The Balaban J connectivity index is 1.95. The lowest BCUT2D eigenvalue weighted by Crippen LogP contribution is -2.37. The Labute approximate surface area is 168 Å². The zero-order chi connectivity index (χ0) is 19.5. The van der Waals surface area contributed by atoms with Crippen LogP contribution in [0.2, 0.25) is 0 Å². The predicted molar refractivity (Wildman–Crippen MR) is 109 cm³/mol. The first-order valence-corrected chi connectivity index (χ1v) is 10.2. The Hall–Kier alpha value is -2.93. The number of benzene rings is 2. The average Bonchev–Trinajstić information content (AvgIpc) is 2.88. The SMILES string of the molecule is CCSc1nnc2c(n1)O[C@@H](c1ccccc1)N(C(=O)CC)c1ccccc1-2. The second-order valence-electron chi connectivity index (χ2n) is 6.20. The quantitative estimate of drug-likeness (QED) is 0.610. The summed E-state index contributed by atoms with van der Waals surface area (Å²) >= 11 is 1.50. The molecule has 0 saturated heterocycles. The van der Waals surface area contributed by atoms with Crippen molar-refractivity contribution < 1.29 is 9.53 Å². The maximum Gasteiger partial charge on any atom is 0.247 e. The molecule has 2 aromatic carbocycles. The van der Waals surface area contributed by atoms with Crippen molar-refractivity contribution in [3.63, 3.8) is 0 Å². The maximum atomic E-state index is 13.0. The van der Waals surface area contributed by atoms with Crippen LogP contribution in [0.4, 0.5) is 5.69 Å². The minimum Gasteiger partial charge on any atom is -0.447 e. The van der Waals surface area contributed by atoms with Gasteiger partial charge in [-0.3, -0.25) is 9.69 Å². The van der Waals surface area contributed by atoms with Crippen LogP contribution in [0.25, 0.3) is 11.3 Å². The number of carbonyl (C=O) groups is 1. The number of hydrogen-bond donors (Lipinski definition) is 0. The predicted octanol–water partition coefficient (Wildman–Crippen LogP) is 4.48. The van der Waals surface area contributed by atoms with Gasteiger partial charge in [-0.2, -0.15) is 4.98 Å². The van der Waals surface area contributed by atoms with Crippen molar-refractivity contribution in [1.29, 1.82) is 0 Å². The summed E-state index contributed by atoms with van der Waals surface area (Å²) < 4.78 is 6.33. The van der Waals surface area contributed by atoms with Crippen molar-refractivity contribution >= 4 is 23.4 Å². The van der Waals surface area contributed by atoms with Gasteiger partial charge in [-0.15, -0.1) is 10.2 Å². The van der Waals surface area contributed by atoms with E-state index >= 15 is 0 Å². The molecule has 0 spiro atoms. The summed E-state index contributed by atoms with van der Waals surface area (Å²) in [4.78, 5) is 19.3. The molecule has 0 saturated carbocycles. The van der Waals surface area contributed by atoms with E-state index in [2.05, 4.69) is 15.2 Å². The molecule has 7 heteroatoms. The minimum absolute atomic E-state index is 0.0368. The lowest BCUT2D eigenvalue weighted by Gasteiger charge is -2.30. The Morgan fingerprint density at radius 3 is 2.57 bits per heavy atom. The molecule has 6 nitrogen and oxygen atoms in total. The fraction of sp³-hybridized carbons (Fsp3) is 0.238. The molecular formula is C21H20N4O2S. The van der Waals surface area contributed by atoms with Gasteiger partial charge < -0.3 is 4.74 Å². The van der Waals surface area contributed by atoms with E-state index in [4.69, 9.17) is 4.74 Å². The zero-order valence-electron chi connectivity index (χ0n) is 15.7. The van der Waals surface area contributed by atoms with Gasteiger partial charge in [0.1, 0.15) is 0 Å². The molecule has 3 aromatic rings. The molecule has 142 valence electrons. The molecule has 0 radical (unpaired) electrons. The normalized spacial score (nSPS) is 15.2. The molecule has 0 N–H and O–H groups in total. The number of carbonyl (C=O) groups excluding carboxylic acids is 1. The number of anilines is 1. The number of thioether (sulfide) groups is 1. The van der Waals surface area contributed by atoms with Crippen LogP contribution in [0, 0.1) is 0 Å². The summed E-state index contributed by atoms with van der Waals surface area (Å²) in [6, 6.07) is 17.4. The Kier molecular flexibility index (Phi) is 5.25. The third kappa shape index (κ3) is 3.33. The molecule has 1 aliphatic heterocycles. The van der Waals surface area contributed by atoms with Gasteiger partial charge in [-0.05, 0) is 11.8 Å². The zero-order valence-corrected chi connectivity index (χ0v) is 16.5. The second kappa shape index (κ2) is 7.98. The molecule has 1 atom stereocenters. The van der Waals surface area contributed by atoms with Crippen molar-refractivity contribution in [3.05, 3.63) is 60.2 Å². The highest BCUT2D eigenvalue weighted by atomic mass is 32.2. The number of fused-ring (bicyclic) bond motifs is 3. The van der Waals surface area contributed by atoms with E-state index in [-0.39, 0.29) is 5.91 Å². The number of nitrogens with zero attached hydrogens (tertiary/aromatic N) is 4. The molecular weight excluding hydrogens is 372 g/mol. The van der Waals surface area contributed by atoms with E-state index in [0.717, 1.165) is 22.6 Å². The fourth-order valence-electron chi connectivity index (χ4n) is 3.18. The number of aromatic nitrogens is 3. The van der Waals surface area contributed by atoms with E-state index in [1.165, 1.54) is 11.8 Å². The highest BCUT2D eigenvalue weighted by Gasteiger charge is 2.35. The molecule has 0 fully saturated rings. The van der Waals surface area contributed by atoms with Crippen LogP contribution in [-0.2, 0) is 4.79 Å². The third-order valence-corrected chi connectivity index (χ3v) is 5.16. The van der Waals surface area contributed by atoms with Crippen molar-refractivity contribution in [3.8, 4) is 17.1 Å². The van der Waals surface area contributed by atoms with Crippen LogP contribution in [-0.4, -0.2) is 26.8 Å². The molecule has 0 aliphatic carbocycles. The third-order valence-electron chi connectivity index (χ3n) is 4.44.